The van der Waals surface area contributed by atoms with Gasteiger partial charge in [0, 0.05) is 12.4 Å². The standard InChI is InChI=1S/C12H6N8/c1-2-15-11-7(14-1)4-17-12(20-11)9-5-16-10-8(19-9)3-13-6-18-10/h1-6H. The second-order valence-corrected chi connectivity index (χ2v) is 3.95. The lowest BCUT2D eigenvalue weighted by Crippen LogP contribution is -1.97. The van der Waals surface area contributed by atoms with E-state index in [2.05, 4.69) is 39.9 Å². The maximum absolute atomic E-state index is 4.39. The van der Waals surface area contributed by atoms with Crippen LogP contribution in [0, 0.1) is 0 Å². The monoisotopic (exact) mass is 262 g/mol. The van der Waals surface area contributed by atoms with Crippen LogP contribution < -0.4 is 0 Å². The molecule has 4 heterocycles. The summed E-state index contributed by atoms with van der Waals surface area (Å²) in [6.07, 6.45) is 9.39. The van der Waals surface area contributed by atoms with Crippen LogP contribution in [-0.4, -0.2) is 39.9 Å². The van der Waals surface area contributed by atoms with Gasteiger partial charge in [0.05, 0.1) is 18.6 Å². The normalized spacial score (nSPS) is 11.0. The number of hydrogen-bond acceptors (Lipinski definition) is 8. The summed E-state index contributed by atoms with van der Waals surface area (Å²) in [5, 5.41) is 0. The van der Waals surface area contributed by atoms with Gasteiger partial charge in [0.15, 0.2) is 17.1 Å². The van der Waals surface area contributed by atoms with E-state index < -0.39 is 0 Å². The van der Waals surface area contributed by atoms with Crippen LogP contribution in [0.25, 0.3) is 33.8 Å². The first-order chi connectivity index (χ1) is 9.90. The Bertz CT molecular complexity index is 846. The molecular weight excluding hydrogens is 256 g/mol. The van der Waals surface area contributed by atoms with E-state index in [-0.39, 0.29) is 0 Å². The van der Waals surface area contributed by atoms with Gasteiger partial charge in [-0.1, -0.05) is 0 Å². The first-order valence-electron chi connectivity index (χ1n) is 5.77. The molecule has 8 nitrogen and oxygen atoms in total. The van der Waals surface area contributed by atoms with Gasteiger partial charge in [0.2, 0.25) is 0 Å². The Morgan fingerprint density at radius 3 is 2.60 bits per heavy atom. The lowest BCUT2D eigenvalue weighted by molar-refractivity contribution is 1.11. The molecule has 0 aliphatic heterocycles. The number of fused-ring (bicyclic) bond motifs is 2. The van der Waals surface area contributed by atoms with Gasteiger partial charge in [0.25, 0.3) is 0 Å². The van der Waals surface area contributed by atoms with Crippen molar-refractivity contribution in [3.63, 3.8) is 0 Å². The van der Waals surface area contributed by atoms with E-state index in [9.17, 15) is 0 Å². The fourth-order valence-corrected chi connectivity index (χ4v) is 1.78. The van der Waals surface area contributed by atoms with Crippen molar-refractivity contribution in [3.8, 4) is 11.5 Å². The van der Waals surface area contributed by atoms with Crippen LogP contribution in [0.1, 0.15) is 0 Å². The molecule has 0 atom stereocenters. The number of rotatable bonds is 1. The molecule has 94 valence electrons. The highest BCUT2D eigenvalue weighted by molar-refractivity contribution is 5.73. The topological polar surface area (TPSA) is 103 Å². The fraction of sp³-hybridized carbons (Fsp3) is 0. The quantitative estimate of drug-likeness (QED) is 0.496. The van der Waals surface area contributed by atoms with Crippen LogP contribution in [0.3, 0.4) is 0 Å². The molecule has 4 rings (SSSR count). The summed E-state index contributed by atoms with van der Waals surface area (Å²) < 4.78 is 0. The first kappa shape index (κ1) is 10.7. The average molecular weight is 262 g/mol. The van der Waals surface area contributed by atoms with Gasteiger partial charge >= 0.3 is 0 Å². The third-order valence-electron chi connectivity index (χ3n) is 2.68. The van der Waals surface area contributed by atoms with Crippen molar-refractivity contribution in [3.05, 3.63) is 37.3 Å². The van der Waals surface area contributed by atoms with Crippen molar-refractivity contribution in [2.75, 3.05) is 0 Å². The van der Waals surface area contributed by atoms with Crippen molar-refractivity contribution in [2.45, 2.75) is 0 Å². The molecular formula is C12H6N8. The Balaban J connectivity index is 1.91. The highest BCUT2D eigenvalue weighted by Crippen LogP contribution is 2.15. The third kappa shape index (κ3) is 1.70. The minimum Gasteiger partial charge on any atom is -0.250 e. The highest BCUT2D eigenvalue weighted by Gasteiger charge is 2.08. The van der Waals surface area contributed by atoms with Gasteiger partial charge in [-0.25, -0.2) is 39.9 Å². The summed E-state index contributed by atoms with van der Waals surface area (Å²) in [7, 11) is 0. The Morgan fingerprint density at radius 1 is 0.650 bits per heavy atom. The number of hydrogen-bond donors (Lipinski definition) is 0. The first-order valence-corrected chi connectivity index (χ1v) is 5.77. The van der Waals surface area contributed by atoms with Crippen LogP contribution in [0.2, 0.25) is 0 Å². The predicted molar refractivity (Wildman–Crippen MR) is 69.3 cm³/mol. The molecule has 4 aromatic heterocycles. The molecule has 4 aromatic rings. The largest absolute Gasteiger partial charge is 0.250 e. The summed E-state index contributed by atoms with van der Waals surface area (Å²) >= 11 is 0. The fourth-order valence-electron chi connectivity index (χ4n) is 1.78. The Kier molecular flexibility index (Phi) is 2.25. The zero-order valence-corrected chi connectivity index (χ0v) is 10.0. The molecule has 0 saturated heterocycles. The number of nitrogens with zero attached hydrogens (tertiary/aromatic N) is 8. The van der Waals surface area contributed by atoms with Crippen molar-refractivity contribution in [2.24, 2.45) is 0 Å². The van der Waals surface area contributed by atoms with Gasteiger partial charge in [-0.2, -0.15) is 0 Å². The molecule has 0 bridgehead atoms. The molecule has 0 saturated carbocycles. The van der Waals surface area contributed by atoms with E-state index in [0.29, 0.717) is 33.8 Å². The van der Waals surface area contributed by atoms with Gasteiger partial charge < -0.3 is 0 Å². The second kappa shape index (κ2) is 4.19. The Morgan fingerprint density at radius 2 is 1.60 bits per heavy atom. The van der Waals surface area contributed by atoms with Gasteiger partial charge in [-0.05, 0) is 0 Å². The predicted octanol–water partition coefficient (Wildman–Crippen LogP) is 0.820. The van der Waals surface area contributed by atoms with Crippen LogP contribution in [-0.2, 0) is 0 Å². The van der Waals surface area contributed by atoms with E-state index in [4.69, 9.17) is 0 Å². The molecule has 8 heteroatoms. The second-order valence-electron chi connectivity index (χ2n) is 3.95. The highest BCUT2D eigenvalue weighted by atomic mass is 15.0. The van der Waals surface area contributed by atoms with Gasteiger partial charge in [0.1, 0.15) is 23.1 Å². The molecule has 0 radical (unpaired) electrons. The zero-order valence-electron chi connectivity index (χ0n) is 10.0. The van der Waals surface area contributed by atoms with E-state index in [0.717, 1.165) is 0 Å². The molecule has 0 amide bonds. The maximum atomic E-state index is 4.39. The van der Waals surface area contributed by atoms with Crippen molar-refractivity contribution in [1.29, 1.82) is 0 Å². The van der Waals surface area contributed by atoms with E-state index in [1.807, 2.05) is 0 Å². The van der Waals surface area contributed by atoms with Crippen LogP contribution in [0.15, 0.2) is 37.3 Å². The lowest BCUT2D eigenvalue weighted by atomic mass is 10.4. The van der Waals surface area contributed by atoms with Crippen molar-refractivity contribution >= 4 is 22.3 Å². The minimum absolute atomic E-state index is 0.441. The van der Waals surface area contributed by atoms with Crippen LogP contribution in [0.4, 0.5) is 0 Å². The number of aromatic nitrogens is 8. The Hall–Kier alpha value is -3.16. The third-order valence-corrected chi connectivity index (χ3v) is 2.68. The molecule has 0 spiro atoms. The average Bonchev–Trinajstić information content (AvgIpc) is 2.54. The van der Waals surface area contributed by atoms with E-state index >= 15 is 0 Å². The molecule has 0 aliphatic carbocycles. The van der Waals surface area contributed by atoms with Crippen molar-refractivity contribution < 1.29 is 0 Å². The lowest BCUT2D eigenvalue weighted by Gasteiger charge is -2.01. The van der Waals surface area contributed by atoms with Gasteiger partial charge in [-0.15, -0.1) is 0 Å². The molecule has 0 fully saturated rings. The molecule has 0 aliphatic rings. The van der Waals surface area contributed by atoms with Gasteiger partial charge in [-0.3, -0.25) is 0 Å². The molecule has 0 aromatic carbocycles. The molecule has 0 unspecified atom stereocenters. The summed E-state index contributed by atoms with van der Waals surface area (Å²) in [6, 6.07) is 0. The smallest absolute Gasteiger partial charge is 0.182 e. The summed E-state index contributed by atoms with van der Waals surface area (Å²) in [6.45, 7) is 0. The summed E-state index contributed by atoms with van der Waals surface area (Å²) in [4.78, 5) is 33.4. The minimum atomic E-state index is 0.441. The summed E-state index contributed by atoms with van der Waals surface area (Å²) in [5.74, 6) is 0.441. The SMILES string of the molecule is c1cnc2nc(-c3cnc4ncncc4n3)ncc2n1. The zero-order chi connectivity index (χ0) is 13.4. The summed E-state index contributed by atoms with van der Waals surface area (Å²) in [5.41, 5.74) is 2.81. The van der Waals surface area contributed by atoms with Crippen molar-refractivity contribution in [1.82, 2.24) is 39.9 Å². The molecule has 20 heavy (non-hydrogen) atoms. The molecule has 0 N–H and O–H groups in total. The van der Waals surface area contributed by atoms with Crippen LogP contribution in [0.5, 0.6) is 0 Å². The van der Waals surface area contributed by atoms with E-state index in [1.165, 1.54) is 6.33 Å². The maximum Gasteiger partial charge on any atom is 0.182 e. The van der Waals surface area contributed by atoms with Crippen LogP contribution >= 0.6 is 0 Å². The Labute approximate surface area is 112 Å². The van der Waals surface area contributed by atoms with E-state index in [1.54, 1.807) is 31.0 Å².